The number of ether oxygens (including phenoxy) is 2. The number of para-hydroxylation sites is 1. The lowest BCUT2D eigenvalue weighted by molar-refractivity contribution is 0.174. The third kappa shape index (κ3) is 3.10. The van der Waals surface area contributed by atoms with E-state index in [4.69, 9.17) is 19.4 Å². The predicted octanol–water partition coefficient (Wildman–Crippen LogP) is 3.82. The molecule has 0 spiro atoms. The van der Waals surface area contributed by atoms with Crippen molar-refractivity contribution in [1.82, 2.24) is 9.97 Å². The van der Waals surface area contributed by atoms with Crippen LogP contribution in [0.15, 0.2) is 42.5 Å². The SMILES string of the molecule is CCN(CC)c1nc(NCc2ccc3c(c2)OCO3)c2ccccc2n1. The van der Waals surface area contributed by atoms with Gasteiger partial charge in [0, 0.05) is 25.0 Å². The molecule has 0 aliphatic carbocycles. The summed E-state index contributed by atoms with van der Waals surface area (Å²) in [5, 5.41) is 4.48. The quantitative estimate of drug-likeness (QED) is 0.729. The van der Waals surface area contributed by atoms with Crippen LogP contribution < -0.4 is 19.7 Å². The van der Waals surface area contributed by atoms with Crippen molar-refractivity contribution >= 4 is 22.7 Å². The van der Waals surface area contributed by atoms with Crippen LogP contribution in [0.5, 0.6) is 11.5 Å². The molecule has 1 aliphatic heterocycles. The van der Waals surface area contributed by atoms with Gasteiger partial charge in [0.15, 0.2) is 11.5 Å². The molecule has 3 aromatic rings. The molecule has 1 aliphatic rings. The van der Waals surface area contributed by atoms with Crippen molar-refractivity contribution in [2.45, 2.75) is 20.4 Å². The van der Waals surface area contributed by atoms with Crippen LogP contribution in [0.4, 0.5) is 11.8 Å². The van der Waals surface area contributed by atoms with Crippen molar-refractivity contribution in [3.63, 3.8) is 0 Å². The number of fused-ring (bicyclic) bond motifs is 2. The van der Waals surface area contributed by atoms with E-state index in [1.807, 2.05) is 42.5 Å². The molecule has 0 amide bonds. The van der Waals surface area contributed by atoms with E-state index in [9.17, 15) is 0 Å². The molecule has 2 aromatic carbocycles. The van der Waals surface area contributed by atoms with E-state index in [1.54, 1.807) is 0 Å². The first kappa shape index (κ1) is 16.4. The lowest BCUT2D eigenvalue weighted by Gasteiger charge is -2.20. The molecular weight excluding hydrogens is 328 g/mol. The van der Waals surface area contributed by atoms with Gasteiger partial charge in [0.05, 0.1) is 5.52 Å². The molecular formula is C20H22N4O2. The number of nitrogens with zero attached hydrogens (tertiary/aromatic N) is 3. The monoisotopic (exact) mass is 350 g/mol. The number of aromatic nitrogens is 2. The van der Waals surface area contributed by atoms with E-state index >= 15 is 0 Å². The summed E-state index contributed by atoms with van der Waals surface area (Å²) in [5.41, 5.74) is 2.05. The fourth-order valence-corrected chi connectivity index (χ4v) is 3.08. The fourth-order valence-electron chi connectivity index (χ4n) is 3.08. The molecule has 0 saturated heterocycles. The molecule has 4 rings (SSSR count). The molecule has 0 atom stereocenters. The van der Waals surface area contributed by atoms with E-state index in [1.165, 1.54) is 0 Å². The third-order valence-corrected chi connectivity index (χ3v) is 4.53. The largest absolute Gasteiger partial charge is 0.454 e. The second-order valence-electron chi connectivity index (χ2n) is 6.10. The van der Waals surface area contributed by atoms with Gasteiger partial charge in [-0.25, -0.2) is 4.98 Å². The number of rotatable bonds is 6. The van der Waals surface area contributed by atoms with Crippen LogP contribution in [-0.2, 0) is 6.54 Å². The highest BCUT2D eigenvalue weighted by Gasteiger charge is 2.14. The van der Waals surface area contributed by atoms with Gasteiger partial charge in [-0.3, -0.25) is 0 Å². The topological polar surface area (TPSA) is 59.5 Å². The first-order chi connectivity index (χ1) is 12.8. The average molecular weight is 350 g/mol. The Morgan fingerprint density at radius 1 is 1.00 bits per heavy atom. The Hall–Kier alpha value is -3.02. The Morgan fingerprint density at radius 2 is 1.81 bits per heavy atom. The molecule has 134 valence electrons. The maximum absolute atomic E-state index is 5.46. The summed E-state index contributed by atoms with van der Waals surface area (Å²) < 4.78 is 10.8. The standard InChI is InChI=1S/C20H22N4O2/c1-3-24(4-2)20-22-16-8-6-5-7-15(16)19(23-20)21-12-14-9-10-17-18(11-14)26-13-25-17/h5-11H,3-4,12-13H2,1-2H3,(H,21,22,23). The lowest BCUT2D eigenvalue weighted by atomic mass is 10.2. The third-order valence-electron chi connectivity index (χ3n) is 4.53. The van der Waals surface area contributed by atoms with Crippen LogP contribution in [0, 0.1) is 0 Å². The summed E-state index contributed by atoms with van der Waals surface area (Å²) in [6.45, 7) is 6.90. The number of benzene rings is 2. The average Bonchev–Trinajstić information content (AvgIpc) is 3.15. The summed E-state index contributed by atoms with van der Waals surface area (Å²) in [6, 6.07) is 14.1. The Morgan fingerprint density at radius 3 is 2.65 bits per heavy atom. The van der Waals surface area contributed by atoms with Crippen LogP contribution in [0.1, 0.15) is 19.4 Å². The summed E-state index contributed by atoms with van der Waals surface area (Å²) in [6.07, 6.45) is 0. The Labute approximate surface area is 152 Å². The van der Waals surface area contributed by atoms with Crippen LogP contribution in [0.25, 0.3) is 10.9 Å². The highest BCUT2D eigenvalue weighted by Crippen LogP contribution is 2.33. The van der Waals surface area contributed by atoms with Gasteiger partial charge in [-0.05, 0) is 43.7 Å². The van der Waals surface area contributed by atoms with Crippen LogP contribution >= 0.6 is 0 Å². The predicted molar refractivity (Wildman–Crippen MR) is 103 cm³/mol. The molecule has 1 aromatic heterocycles. The number of hydrogen-bond acceptors (Lipinski definition) is 6. The van der Waals surface area contributed by atoms with Crippen molar-refractivity contribution in [2.24, 2.45) is 0 Å². The van der Waals surface area contributed by atoms with E-state index in [-0.39, 0.29) is 6.79 Å². The van der Waals surface area contributed by atoms with Gasteiger partial charge in [-0.2, -0.15) is 4.98 Å². The maximum Gasteiger partial charge on any atom is 0.231 e. The van der Waals surface area contributed by atoms with Crippen molar-refractivity contribution in [3.8, 4) is 11.5 Å². The number of anilines is 2. The highest BCUT2D eigenvalue weighted by molar-refractivity contribution is 5.90. The van der Waals surface area contributed by atoms with E-state index in [0.717, 1.165) is 52.8 Å². The van der Waals surface area contributed by atoms with Gasteiger partial charge in [0.2, 0.25) is 12.7 Å². The van der Waals surface area contributed by atoms with Crippen LogP contribution in [0.3, 0.4) is 0 Å². The zero-order valence-electron chi connectivity index (χ0n) is 15.0. The number of hydrogen-bond donors (Lipinski definition) is 1. The van der Waals surface area contributed by atoms with E-state index < -0.39 is 0 Å². The van der Waals surface area contributed by atoms with Crippen molar-refractivity contribution in [2.75, 3.05) is 30.1 Å². The molecule has 0 unspecified atom stereocenters. The zero-order chi connectivity index (χ0) is 17.9. The minimum absolute atomic E-state index is 0.288. The summed E-state index contributed by atoms with van der Waals surface area (Å²) in [4.78, 5) is 11.6. The molecule has 6 nitrogen and oxygen atoms in total. The first-order valence-corrected chi connectivity index (χ1v) is 8.92. The smallest absolute Gasteiger partial charge is 0.231 e. The van der Waals surface area contributed by atoms with Gasteiger partial charge in [-0.1, -0.05) is 18.2 Å². The van der Waals surface area contributed by atoms with Crippen molar-refractivity contribution in [1.29, 1.82) is 0 Å². The molecule has 0 saturated carbocycles. The van der Waals surface area contributed by atoms with Gasteiger partial charge < -0.3 is 19.7 Å². The second-order valence-corrected chi connectivity index (χ2v) is 6.10. The molecule has 0 fully saturated rings. The van der Waals surface area contributed by atoms with Crippen LogP contribution in [0.2, 0.25) is 0 Å². The Kier molecular flexibility index (Phi) is 4.48. The van der Waals surface area contributed by atoms with Crippen molar-refractivity contribution in [3.05, 3.63) is 48.0 Å². The Balaban J connectivity index is 1.64. The highest BCUT2D eigenvalue weighted by atomic mass is 16.7. The molecule has 1 N–H and O–H groups in total. The minimum Gasteiger partial charge on any atom is -0.454 e. The molecule has 6 heteroatoms. The van der Waals surface area contributed by atoms with Gasteiger partial charge in [-0.15, -0.1) is 0 Å². The van der Waals surface area contributed by atoms with Gasteiger partial charge in [0.25, 0.3) is 0 Å². The summed E-state index contributed by atoms with van der Waals surface area (Å²) in [7, 11) is 0. The minimum atomic E-state index is 0.288. The fraction of sp³-hybridized carbons (Fsp3) is 0.300. The summed E-state index contributed by atoms with van der Waals surface area (Å²) in [5.74, 6) is 3.18. The van der Waals surface area contributed by atoms with Crippen molar-refractivity contribution < 1.29 is 9.47 Å². The summed E-state index contributed by atoms with van der Waals surface area (Å²) >= 11 is 0. The normalized spacial score (nSPS) is 12.4. The Bertz CT molecular complexity index is 925. The van der Waals surface area contributed by atoms with Gasteiger partial charge >= 0.3 is 0 Å². The van der Waals surface area contributed by atoms with E-state index in [0.29, 0.717) is 6.54 Å². The molecule has 0 radical (unpaired) electrons. The second kappa shape index (κ2) is 7.07. The molecule has 2 heterocycles. The number of nitrogens with one attached hydrogen (secondary N) is 1. The first-order valence-electron chi connectivity index (χ1n) is 8.92. The lowest BCUT2D eigenvalue weighted by Crippen LogP contribution is -2.24. The maximum atomic E-state index is 5.46. The van der Waals surface area contributed by atoms with E-state index in [2.05, 4.69) is 24.1 Å². The van der Waals surface area contributed by atoms with Crippen LogP contribution in [-0.4, -0.2) is 29.9 Å². The zero-order valence-corrected chi connectivity index (χ0v) is 15.0. The molecule has 26 heavy (non-hydrogen) atoms. The van der Waals surface area contributed by atoms with Gasteiger partial charge in [0.1, 0.15) is 5.82 Å². The molecule has 0 bridgehead atoms.